The number of nitrogens with one attached hydrogen (secondary N) is 1. The van der Waals surface area contributed by atoms with Gasteiger partial charge in [0.1, 0.15) is 12.4 Å². The van der Waals surface area contributed by atoms with Crippen molar-refractivity contribution in [2.45, 2.75) is 38.8 Å². The van der Waals surface area contributed by atoms with Gasteiger partial charge in [0.2, 0.25) is 5.91 Å². The Balaban J connectivity index is 2.03. The second-order valence-electron chi connectivity index (χ2n) is 4.94. The van der Waals surface area contributed by atoms with E-state index in [1.54, 1.807) is 0 Å². The fourth-order valence-electron chi connectivity index (χ4n) is 2.14. The topological polar surface area (TPSA) is 64.3 Å². The molecule has 1 fully saturated rings. The van der Waals surface area contributed by atoms with E-state index in [4.69, 9.17) is 10.5 Å². The molecule has 4 heteroatoms. The number of nitrogens with two attached hydrogens (primary N) is 1. The Morgan fingerprint density at radius 1 is 1.56 bits per heavy atom. The largest absolute Gasteiger partial charge is 0.491 e. The minimum atomic E-state index is -0.0567. The summed E-state index contributed by atoms with van der Waals surface area (Å²) in [6, 6.07) is 6.10. The molecule has 98 valence electrons. The zero-order valence-corrected chi connectivity index (χ0v) is 10.9. The maximum Gasteiger partial charge on any atom is 0.220 e. The molecule has 18 heavy (non-hydrogen) atoms. The molecule has 1 aliphatic rings. The van der Waals surface area contributed by atoms with Crippen LogP contribution >= 0.6 is 0 Å². The van der Waals surface area contributed by atoms with Crippen LogP contribution in [0.25, 0.3) is 0 Å². The first-order valence-electron chi connectivity index (χ1n) is 6.34. The molecule has 0 spiro atoms. The summed E-state index contributed by atoms with van der Waals surface area (Å²) in [5, 5.41) is 2.89. The summed E-state index contributed by atoms with van der Waals surface area (Å²) < 4.78 is 5.82. The third-order valence-corrected chi connectivity index (χ3v) is 3.18. The highest BCUT2D eigenvalue weighted by molar-refractivity contribution is 5.78. The van der Waals surface area contributed by atoms with Crippen LogP contribution in [0.2, 0.25) is 0 Å². The molecule has 1 aromatic carbocycles. The Labute approximate surface area is 108 Å². The number of aryl methyl sites for hydroxylation is 1. The second-order valence-corrected chi connectivity index (χ2v) is 4.94. The van der Waals surface area contributed by atoms with Crippen molar-refractivity contribution in [1.29, 1.82) is 0 Å². The zero-order valence-electron chi connectivity index (χ0n) is 10.9. The van der Waals surface area contributed by atoms with Crippen molar-refractivity contribution in [3.63, 3.8) is 0 Å². The first kappa shape index (κ1) is 12.9. The van der Waals surface area contributed by atoms with Crippen LogP contribution in [-0.2, 0) is 4.79 Å². The van der Waals surface area contributed by atoms with Gasteiger partial charge >= 0.3 is 0 Å². The molecular formula is C14H20N2O2. The second kappa shape index (κ2) is 5.40. The minimum absolute atomic E-state index is 0.0567. The van der Waals surface area contributed by atoms with Crippen LogP contribution in [0.4, 0.5) is 0 Å². The molecule has 1 heterocycles. The Hall–Kier alpha value is -1.55. The van der Waals surface area contributed by atoms with Crippen LogP contribution in [0, 0.1) is 6.92 Å². The maximum absolute atomic E-state index is 11.1. The Bertz CT molecular complexity index is 443. The van der Waals surface area contributed by atoms with Crippen molar-refractivity contribution < 1.29 is 9.53 Å². The average Bonchev–Trinajstić information content (AvgIpc) is 2.72. The molecule has 1 saturated heterocycles. The summed E-state index contributed by atoms with van der Waals surface area (Å²) in [6.07, 6.45) is 1.44. The molecule has 3 N–H and O–H groups in total. The Morgan fingerprint density at radius 3 is 2.94 bits per heavy atom. The summed E-state index contributed by atoms with van der Waals surface area (Å²) in [7, 11) is 0. The molecule has 1 aliphatic heterocycles. The summed E-state index contributed by atoms with van der Waals surface area (Å²) >= 11 is 0. The average molecular weight is 248 g/mol. The number of amides is 1. The van der Waals surface area contributed by atoms with Crippen LogP contribution < -0.4 is 15.8 Å². The highest BCUT2D eigenvalue weighted by Crippen LogP contribution is 2.25. The number of rotatable bonds is 4. The molecule has 4 nitrogen and oxygen atoms in total. The lowest BCUT2D eigenvalue weighted by Gasteiger charge is -2.17. The van der Waals surface area contributed by atoms with Gasteiger partial charge in [0.05, 0.1) is 6.04 Å². The van der Waals surface area contributed by atoms with Crippen LogP contribution in [-0.4, -0.2) is 18.6 Å². The van der Waals surface area contributed by atoms with Crippen molar-refractivity contribution in [2.75, 3.05) is 6.61 Å². The predicted octanol–water partition coefficient (Wildman–Crippen LogP) is 1.67. The number of ether oxygens (including phenoxy) is 1. The number of carbonyl (C=O) groups excluding carboxylic acids is 1. The van der Waals surface area contributed by atoms with Crippen LogP contribution in [0.1, 0.15) is 36.9 Å². The van der Waals surface area contributed by atoms with Crippen LogP contribution in [0.15, 0.2) is 18.2 Å². The molecule has 1 amide bonds. The summed E-state index contributed by atoms with van der Waals surface area (Å²) in [5.41, 5.74) is 8.07. The summed E-state index contributed by atoms with van der Waals surface area (Å²) in [5.74, 6) is 0.936. The van der Waals surface area contributed by atoms with Gasteiger partial charge in [-0.05, 0) is 31.9 Å². The van der Waals surface area contributed by atoms with Crippen molar-refractivity contribution in [3.8, 4) is 5.75 Å². The maximum atomic E-state index is 11.1. The van der Waals surface area contributed by atoms with E-state index in [9.17, 15) is 4.79 Å². The van der Waals surface area contributed by atoms with E-state index in [2.05, 4.69) is 5.32 Å². The molecule has 0 radical (unpaired) electrons. The lowest BCUT2D eigenvalue weighted by Crippen LogP contribution is -2.31. The molecular weight excluding hydrogens is 228 g/mol. The van der Waals surface area contributed by atoms with Crippen molar-refractivity contribution >= 4 is 5.91 Å². The standard InChI is InChI=1S/C14H20N2O2/c1-9-3-5-12(10(2)15)13(7-9)18-8-11-4-6-14(17)16-11/h3,5,7,10-11H,4,6,8,15H2,1-2H3,(H,16,17)/t10-,11?/m0/s1. The summed E-state index contributed by atoms with van der Waals surface area (Å²) in [6.45, 7) is 4.47. The van der Waals surface area contributed by atoms with Crippen molar-refractivity contribution in [3.05, 3.63) is 29.3 Å². The fraction of sp³-hybridized carbons (Fsp3) is 0.500. The van der Waals surface area contributed by atoms with Crippen LogP contribution in [0.3, 0.4) is 0 Å². The van der Waals surface area contributed by atoms with E-state index >= 15 is 0 Å². The van der Waals surface area contributed by atoms with Gasteiger partial charge < -0.3 is 15.8 Å². The fourth-order valence-corrected chi connectivity index (χ4v) is 2.14. The Morgan fingerprint density at radius 2 is 2.33 bits per heavy atom. The zero-order chi connectivity index (χ0) is 13.1. The number of hydrogen-bond acceptors (Lipinski definition) is 3. The number of carbonyl (C=O) groups is 1. The van der Waals surface area contributed by atoms with Crippen molar-refractivity contribution in [1.82, 2.24) is 5.32 Å². The molecule has 0 aliphatic carbocycles. The first-order valence-corrected chi connectivity index (χ1v) is 6.34. The van der Waals surface area contributed by atoms with Gasteiger partial charge in [-0.15, -0.1) is 0 Å². The SMILES string of the molecule is Cc1ccc([C@H](C)N)c(OCC2CCC(=O)N2)c1. The van der Waals surface area contributed by atoms with E-state index < -0.39 is 0 Å². The van der Waals surface area contributed by atoms with Crippen molar-refractivity contribution in [2.24, 2.45) is 5.73 Å². The first-order chi connectivity index (χ1) is 8.56. The van der Waals surface area contributed by atoms with Crippen LogP contribution in [0.5, 0.6) is 5.75 Å². The number of benzene rings is 1. The third kappa shape index (κ3) is 3.01. The minimum Gasteiger partial charge on any atom is -0.491 e. The highest BCUT2D eigenvalue weighted by atomic mass is 16.5. The quantitative estimate of drug-likeness (QED) is 0.852. The molecule has 0 aromatic heterocycles. The van der Waals surface area contributed by atoms with E-state index in [0.717, 1.165) is 23.3 Å². The normalized spacial score (nSPS) is 20.6. The molecule has 2 atom stereocenters. The molecule has 0 saturated carbocycles. The molecule has 1 aromatic rings. The van der Waals surface area contributed by atoms with E-state index in [0.29, 0.717) is 13.0 Å². The molecule has 2 rings (SSSR count). The highest BCUT2D eigenvalue weighted by Gasteiger charge is 2.21. The van der Waals surface area contributed by atoms with E-state index in [1.165, 1.54) is 0 Å². The van der Waals surface area contributed by atoms with E-state index in [-0.39, 0.29) is 18.0 Å². The van der Waals surface area contributed by atoms with Gasteiger partial charge in [0.15, 0.2) is 0 Å². The van der Waals surface area contributed by atoms with E-state index in [1.807, 2.05) is 32.0 Å². The smallest absolute Gasteiger partial charge is 0.220 e. The van der Waals surface area contributed by atoms with Gasteiger partial charge in [-0.2, -0.15) is 0 Å². The predicted molar refractivity (Wildman–Crippen MR) is 70.4 cm³/mol. The molecule has 0 bridgehead atoms. The van der Waals surface area contributed by atoms with Gasteiger partial charge in [0.25, 0.3) is 0 Å². The lowest BCUT2D eigenvalue weighted by molar-refractivity contribution is -0.119. The van der Waals surface area contributed by atoms with Gasteiger partial charge in [-0.1, -0.05) is 12.1 Å². The van der Waals surface area contributed by atoms with Gasteiger partial charge in [-0.3, -0.25) is 4.79 Å². The lowest BCUT2D eigenvalue weighted by atomic mass is 10.1. The molecule has 1 unspecified atom stereocenters. The van der Waals surface area contributed by atoms with Gasteiger partial charge in [0, 0.05) is 18.0 Å². The summed E-state index contributed by atoms with van der Waals surface area (Å²) in [4.78, 5) is 11.1. The third-order valence-electron chi connectivity index (χ3n) is 3.18. The van der Waals surface area contributed by atoms with Gasteiger partial charge in [-0.25, -0.2) is 0 Å². The monoisotopic (exact) mass is 248 g/mol. The Kier molecular flexibility index (Phi) is 3.87. The number of hydrogen-bond donors (Lipinski definition) is 2.